The molecule has 0 aliphatic heterocycles. The summed E-state index contributed by atoms with van der Waals surface area (Å²) in [4.78, 5) is 1.04. The zero-order chi connectivity index (χ0) is 12.8. The molecule has 2 aromatic rings. The second-order valence-corrected chi connectivity index (χ2v) is 4.89. The van der Waals surface area contributed by atoms with Crippen LogP contribution in [0.5, 0.6) is 5.75 Å². The van der Waals surface area contributed by atoms with Gasteiger partial charge in [-0.25, -0.2) is 4.39 Å². The van der Waals surface area contributed by atoms with Gasteiger partial charge in [-0.3, -0.25) is 0 Å². The summed E-state index contributed by atoms with van der Waals surface area (Å²) in [6, 6.07) is 13.8. The molecule has 0 saturated carbocycles. The van der Waals surface area contributed by atoms with Crippen LogP contribution < -0.4 is 10.5 Å². The van der Waals surface area contributed by atoms with E-state index in [9.17, 15) is 4.39 Å². The molecule has 0 saturated heterocycles. The van der Waals surface area contributed by atoms with Crippen molar-refractivity contribution in [3.63, 3.8) is 0 Å². The molecule has 2 rings (SSSR count). The molecule has 0 aliphatic carbocycles. The van der Waals surface area contributed by atoms with Crippen LogP contribution in [0.25, 0.3) is 0 Å². The van der Waals surface area contributed by atoms with Gasteiger partial charge in [-0.15, -0.1) is 11.8 Å². The number of rotatable bonds is 5. The third-order valence-corrected chi connectivity index (χ3v) is 3.29. The largest absolute Gasteiger partial charge is 0.493 e. The van der Waals surface area contributed by atoms with E-state index in [4.69, 9.17) is 10.5 Å². The van der Waals surface area contributed by atoms with Crippen LogP contribution >= 0.6 is 11.8 Å². The van der Waals surface area contributed by atoms with Crippen LogP contribution in [0.4, 0.5) is 10.1 Å². The normalized spacial score (nSPS) is 10.3. The van der Waals surface area contributed by atoms with Crippen LogP contribution in [-0.4, -0.2) is 12.4 Å². The van der Waals surface area contributed by atoms with E-state index in [1.807, 2.05) is 24.3 Å². The van der Waals surface area contributed by atoms with Crippen LogP contribution in [0.3, 0.4) is 0 Å². The predicted octanol–water partition coefficient (Wildman–Crippen LogP) is 3.58. The Morgan fingerprint density at radius 1 is 1.00 bits per heavy atom. The van der Waals surface area contributed by atoms with Gasteiger partial charge in [-0.2, -0.15) is 0 Å². The molecule has 4 heteroatoms. The second-order valence-electron chi connectivity index (χ2n) is 3.72. The van der Waals surface area contributed by atoms with E-state index in [2.05, 4.69) is 0 Å². The van der Waals surface area contributed by atoms with Crippen LogP contribution in [0.2, 0.25) is 0 Å². The predicted molar refractivity (Wildman–Crippen MR) is 73.5 cm³/mol. The first-order chi connectivity index (χ1) is 8.74. The van der Waals surface area contributed by atoms with Crippen molar-refractivity contribution in [1.29, 1.82) is 0 Å². The van der Waals surface area contributed by atoms with Gasteiger partial charge in [0.25, 0.3) is 0 Å². The summed E-state index contributed by atoms with van der Waals surface area (Å²) >= 11 is 1.64. The van der Waals surface area contributed by atoms with Crippen LogP contribution in [0, 0.1) is 5.82 Å². The van der Waals surface area contributed by atoms with E-state index < -0.39 is 0 Å². The first-order valence-corrected chi connectivity index (χ1v) is 6.59. The zero-order valence-corrected chi connectivity index (χ0v) is 10.6. The van der Waals surface area contributed by atoms with E-state index >= 15 is 0 Å². The first kappa shape index (κ1) is 12.8. The minimum Gasteiger partial charge on any atom is -0.493 e. The van der Waals surface area contributed by atoms with Crippen molar-refractivity contribution >= 4 is 17.4 Å². The fourth-order valence-electron chi connectivity index (χ4n) is 1.41. The summed E-state index contributed by atoms with van der Waals surface area (Å²) in [5, 5.41) is 0. The summed E-state index contributed by atoms with van der Waals surface area (Å²) in [6.07, 6.45) is 0. The molecule has 0 heterocycles. The number of nitrogen functional groups attached to an aromatic ring is 1. The van der Waals surface area contributed by atoms with Gasteiger partial charge in [0, 0.05) is 16.3 Å². The van der Waals surface area contributed by atoms with E-state index in [-0.39, 0.29) is 5.82 Å². The van der Waals surface area contributed by atoms with Crippen LogP contribution in [0.15, 0.2) is 53.4 Å². The summed E-state index contributed by atoms with van der Waals surface area (Å²) in [7, 11) is 0. The molecule has 0 atom stereocenters. The molecule has 0 aromatic heterocycles. The van der Waals surface area contributed by atoms with E-state index in [0.29, 0.717) is 6.61 Å². The van der Waals surface area contributed by atoms with Crippen LogP contribution in [-0.2, 0) is 0 Å². The maximum atomic E-state index is 12.7. The van der Waals surface area contributed by atoms with Gasteiger partial charge in [-0.1, -0.05) is 0 Å². The molecule has 2 aromatic carbocycles. The molecule has 0 amide bonds. The molecule has 0 fully saturated rings. The van der Waals surface area contributed by atoms with Crippen molar-refractivity contribution in [1.82, 2.24) is 0 Å². The highest BCUT2D eigenvalue weighted by atomic mass is 32.2. The number of hydrogen-bond acceptors (Lipinski definition) is 3. The van der Waals surface area contributed by atoms with Gasteiger partial charge in [-0.05, 0) is 48.5 Å². The Kier molecular flexibility index (Phi) is 4.47. The Morgan fingerprint density at radius 3 is 2.33 bits per heavy atom. The van der Waals surface area contributed by atoms with Gasteiger partial charge < -0.3 is 10.5 Å². The molecule has 0 unspecified atom stereocenters. The molecule has 0 spiro atoms. The van der Waals surface area contributed by atoms with Crippen molar-refractivity contribution in [3.8, 4) is 5.75 Å². The highest BCUT2D eigenvalue weighted by Gasteiger charge is 1.96. The maximum absolute atomic E-state index is 12.7. The Bertz CT molecular complexity index is 437. The van der Waals surface area contributed by atoms with Crippen molar-refractivity contribution in [2.75, 3.05) is 18.1 Å². The molecular weight excluding hydrogens is 249 g/mol. The number of hydrogen-bond donors (Lipinski definition) is 1. The van der Waals surface area contributed by atoms with Crippen molar-refractivity contribution in [3.05, 3.63) is 54.3 Å². The SMILES string of the molecule is Nc1ccc(OCCSc2ccc(F)cc2)cc1. The average molecular weight is 263 g/mol. The quantitative estimate of drug-likeness (QED) is 0.509. The van der Waals surface area contributed by atoms with Gasteiger partial charge in [0.15, 0.2) is 0 Å². The lowest BCUT2D eigenvalue weighted by atomic mass is 10.3. The molecular formula is C14H14FNOS. The molecule has 0 aliphatic rings. The Hall–Kier alpha value is -1.68. The smallest absolute Gasteiger partial charge is 0.123 e. The molecule has 2 N–H and O–H groups in total. The molecule has 2 nitrogen and oxygen atoms in total. The van der Waals surface area contributed by atoms with Crippen molar-refractivity contribution in [2.45, 2.75) is 4.90 Å². The van der Waals surface area contributed by atoms with E-state index in [1.54, 1.807) is 23.9 Å². The summed E-state index contributed by atoms with van der Waals surface area (Å²) in [6.45, 7) is 0.603. The number of anilines is 1. The third kappa shape index (κ3) is 3.96. The zero-order valence-electron chi connectivity index (χ0n) is 9.80. The second kappa shape index (κ2) is 6.31. The van der Waals surface area contributed by atoms with Crippen molar-refractivity contribution < 1.29 is 9.13 Å². The Balaban J connectivity index is 1.73. The fourth-order valence-corrected chi connectivity index (χ4v) is 2.14. The Labute approximate surface area is 110 Å². The summed E-state index contributed by atoms with van der Waals surface area (Å²) in [5.74, 6) is 1.41. The molecule has 0 radical (unpaired) electrons. The lowest BCUT2D eigenvalue weighted by Crippen LogP contribution is -2.00. The maximum Gasteiger partial charge on any atom is 0.123 e. The summed E-state index contributed by atoms with van der Waals surface area (Å²) < 4.78 is 18.2. The van der Waals surface area contributed by atoms with Crippen LogP contribution in [0.1, 0.15) is 0 Å². The number of halogens is 1. The standard InChI is InChI=1S/C14H14FNOS/c15-11-1-7-14(8-2-11)18-10-9-17-13-5-3-12(16)4-6-13/h1-8H,9-10,16H2. The lowest BCUT2D eigenvalue weighted by molar-refractivity contribution is 0.344. The van der Waals surface area contributed by atoms with Gasteiger partial charge in [0.05, 0.1) is 6.61 Å². The highest BCUT2D eigenvalue weighted by molar-refractivity contribution is 7.99. The molecule has 18 heavy (non-hydrogen) atoms. The summed E-state index contributed by atoms with van der Waals surface area (Å²) in [5.41, 5.74) is 6.30. The van der Waals surface area contributed by atoms with Gasteiger partial charge in [0.1, 0.15) is 11.6 Å². The average Bonchev–Trinajstić information content (AvgIpc) is 2.39. The fraction of sp³-hybridized carbons (Fsp3) is 0.143. The monoisotopic (exact) mass is 263 g/mol. The van der Waals surface area contributed by atoms with E-state index in [0.717, 1.165) is 22.1 Å². The van der Waals surface area contributed by atoms with Gasteiger partial charge in [0.2, 0.25) is 0 Å². The minimum atomic E-state index is -0.211. The third-order valence-electron chi connectivity index (χ3n) is 2.31. The minimum absolute atomic E-state index is 0.211. The number of thioether (sulfide) groups is 1. The first-order valence-electron chi connectivity index (χ1n) is 5.61. The lowest BCUT2D eigenvalue weighted by Gasteiger charge is -2.06. The van der Waals surface area contributed by atoms with Crippen molar-refractivity contribution in [2.24, 2.45) is 0 Å². The number of nitrogens with two attached hydrogens (primary N) is 1. The van der Waals surface area contributed by atoms with Gasteiger partial charge >= 0.3 is 0 Å². The number of benzene rings is 2. The molecule has 94 valence electrons. The van der Waals surface area contributed by atoms with E-state index in [1.165, 1.54) is 12.1 Å². The topological polar surface area (TPSA) is 35.2 Å². The molecule has 0 bridgehead atoms. The Morgan fingerprint density at radius 2 is 1.67 bits per heavy atom. The highest BCUT2D eigenvalue weighted by Crippen LogP contribution is 2.19. The number of ether oxygens (including phenoxy) is 1.